The Morgan fingerprint density at radius 1 is 1.12 bits per heavy atom. The average molecular weight is 225 g/mol. The van der Waals surface area contributed by atoms with Gasteiger partial charge in [0.2, 0.25) is 0 Å². The highest BCUT2D eigenvalue weighted by Crippen LogP contribution is 2.06. The van der Waals surface area contributed by atoms with Crippen LogP contribution >= 0.6 is 0 Å². The summed E-state index contributed by atoms with van der Waals surface area (Å²) in [7, 11) is 0. The summed E-state index contributed by atoms with van der Waals surface area (Å²) in [6, 6.07) is 11.9. The van der Waals surface area contributed by atoms with E-state index in [-0.39, 0.29) is 5.56 Å². The van der Waals surface area contributed by atoms with E-state index in [0.717, 1.165) is 5.56 Å². The van der Waals surface area contributed by atoms with Crippen molar-refractivity contribution in [3.05, 3.63) is 77.1 Å². The first-order chi connectivity index (χ1) is 8.16. The minimum absolute atomic E-state index is 0.0496. The summed E-state index contributed by atoms with van der Waals surface area (Å²) >= 11 is 0. The van der Waals surface area contributed by atoms with Crippen LogP contribution in [0, 0.1) is 6.92 Å². The van der Waals surface area contributed by atoms with Crippen LogP contribution in [0.2, 0.25) is 0 Å². The molecule has 0 saturated heterocycles. The van der Waals surface area contributed by atoms with Gasteiger partial charge in [-0.15, -0.1) is 0 Å². The van der Waals surface area contributed by atoms with Gasteiger partial charge in [0.15, 0.2) is 5.78 Å². The minimum atomic E-state index is -0.451. The molecule has 0 aliphatic rings. The van der Waals surface area contributed by atoms with Crippen LogP contribution in [-0.4, -0.2) is 10.4 Å². The summed E-state index contributed by atoms with van der Waals surface area (Å²) in [5.74, 6) is -0.451. The summed E-state index contributed by atoms with van der Waals surface area (Å²) in [5.41, 5.74) is 1.36. The molecule has 1 aromatic carbocycles. The molecule has 2 rings (SSSR count). The molecular weight excluding hydrogens is 214 g/mol. The summed E-state index contributed by atoms with van der Waals surface area (Å²) in [5, 5.41) is 0. The van der Waals surface area contributed by atoms with E-state index in [1.54, 1.807) is 47.2 Å². The molecule has 0 unspecified atom stereocenters. The standard InChI is InChI=1S/C14H11NO2/c1-11(16)13-7-5-12(6-8-13)10-15-9-3-2-4-14(15)17/h1-9H,10H2. The van der Waals surface area contributed by atoms with E-state index in [1.165, 1.54) is 6.07 Å². The smallest absolute Gasteiger partial charge is 0.250 e. The molecule has 17 heavy (non-hydrogen) atoms. The van der Waals surface area contributed by atoms with Crippen molar-refractivity contribution in [2.75, 3.05) is 0 Å². The van der Waals surface area contributed by atoms with Crippen molar-refractivity contribution < 1.29 is 4.79 Å². The maximum atomic E-state index is 11.5. The topological polar surface area (TPSA) is 39.1 Å². The summed E-state index contributed by atoms with van der Waals surface area (Å²) < 4.78 is 1.60. The number of Topliss-reactive ketones (excluding diaryl/α,β-unsaturated/α-hetero) is 1. The lowest BCUT2D eigenvalue weighted by atomic mass is 10.1. The molecule has 0 fully saturated rings. The SMILES string of the molecule is [CH]C(=O)c1ccc(Cn2ccccc2=O)cc1. The Kier molecular flexibility index (Phi) is 3.19. The molecule has 0 aliphatic heterocycles. The Hall–Kier alpha value is -2.16. The van der Waals surface area contributed by atoms with Gasteiger partial charge in [-0.3, -0.25) is 9.59 Å². The number of carbonyl (C=O) groups excluding carboxylic acids is 1. The van der Waals surface area contributed by atoms with Gasteiger partial charge in [-0.05, 0) is 11.6 Å². The lowest BCUT2D eigenvalue weighted by molar-refractivity contribution is 0.104. The van der Waals surface area contributed by atoms with Crippen molar-refractivity contribution in [1.29, 1.82) is 0 Å². The number of pyridine rings is 1. The van der Waals surface area contributed by atoms with Crippen molar-refractivity contribution in [2.24, 2.45) is 0 Å². The fourth-order valence-corrected chi connectivity index (χ4v) is 1.56. The van der Waals surface area contributed by atoms with Gasteiger partial charge in [0.25, 0.3) is 5.56 Å². The predicted molar refractivity (Wildman–Crippen MR) is 64.9 cm³/mol. The molecule has 2 aromatic rings. The Labute approximate surface area is 99.3 Å². The normalized spacial score (nSPS) is 10.2. The Balaban J connectivity index is 2.23. The van der Waals surface area contributed by atoms with E-state index in [2.05, 4.69) is 0 Å². The fraction of sp³-hybridized carbons (Fsp3) is 0.0714. The van der Waals surface area contributed by atoms with E-state index in [0.29, 0.717) is 12.1 Å². The van der Waals surface area contributed by atoms with Gasteiger partial charge in [-0.1, -0.05) is 30.3 Å². The maximum Gasteiger partial charge on any atom is 0.250 e. The highest BCUT2D eigenvalue weighted by Gasteiger charge is 2.00. The molecule has 1 heterocycles. The summed E-state index contributed by atoms with van der Waals surface area (Å²) in [6.45, 7) is 5.63. The van der Waals surface area contributed by atoms with E-state index in [1.807, 2.05) is 0 Å². The number of hydrogen-bond donors (Lipinski definition) is 0. The molecule has 1 aromatic heterocycles. The van der Waals surface area contributed by atoms with Gasteiger partial charge in [0.05, 0.1) is 6.54 Å². The average Bonchev–Trinajstić information content (AvgIpc) is 2.33. The molecule has 0 N–H and O–H groups in total. The predicted octanol–water partition coefficient (Wildman–Crippen LogP) is 1.79. The van der Waals surface area contributed by atoms with Crippen LogP contribution in [0.5, 0.6) is 0 Å². The van der Waals surface area contributed by atoms with E-state index in [4.69, 9.17) is 6.92 Å². The van der Waals surface area contributed by atoms with Crippen molar-refractivity contribution in [3.63, 3.8) is 0 Å². The summed E-state index contributed by atoms with van der Waals surface area (Å²) in [6.07, 6.45) is 1.73. The van der Waals surface area contributed by atoms with Gasteiger partial charge in [0.1, 0.15) is 0 Å². The lowest BCUT2D eigenvalue weighted by Crippen LogP contribution is -2.18. The molecule has 84 valence electrons. The van der Waals surface area contributed by atoms with Gasteiger partial charge in [-0.25, -0.2) is 0 Å². The van der Waals surface area contributed by atoms with E-state index < -0.39 is 5.78 Å². The molecule has 0 amide bonds. The second-order valence-corrected chi connectivity index (χ2v) is 3.73. The molecule has 0 aliphatic carbocycles. The van der Waals surface area contributed by atoms with Crippen LogP contribution in [0.1, 0.15) is 15.9 Å². The zero-order valence-electron chi connectivity index (χ0n) is 9.17. The Morgan fingerprint density at radius 3 is 2.41 bits per heavy atom. The van der Waals surface area contributed by atoms with Crippen molar-refractivity contribution in [2.45, 2.75) is 6.54 Å². The summed E-state index contributed by atoms with van der Waals surface area (Å²) in [4.78, 5) is 22.4. The van der Waals surface area contributed by atoms with Crippen molar-refractivity contribution in [3.8, 4) is 0 Å². The number of nitrogens with zero attached hydrogens (tertiary/aromatic N) is 1. The zero-order valence-corrected chi connectivity index (χ0v) is 9.17. The maximum absolute atomic E-state index is 11.5. The highest BCUT2D eigenvalue weighted by molar-refractivity contribution is 5.99. The van der Waals surface area contributed by atoms with Crippen LogP contribution in [0.15, 0.2) is 53.5 Å². The molecule has 0 spiro atoms. The molecular formula is C14H11NO2. The van der Waals surface area contributed by atoms with Crippen molar-refractivity contribution >= 4 is 5.78 Å². The zero-order chi connectivity index (χ0) is 12.3. The number of aromatic nitrogens is 1. The van der Waals surface area contributed by atoms with Gasteiger partial charge in [-0.2, -0.15) is 0 Å². The molecule has 0 atom stereocenters. The molecule has 0 bridgehead atoms. The van der Waals surface area contributed by atoms with Crippen LogP contribution in [-0.2, 0) is 6.54 Å². The van der Waals surface area contributed by atoms with E-state index in [9.17, 15) is 9.59 Å². The Bertz CT molecular complexity index is 582. The van der Waals surface area contributed by atoms with Gasteiger partial charge in [0, 0.05) is 24.8 Å². The second kappa shape index (κ2) is 4.78. The molecule has 3 nitrogen and oxygen atoms in total. The quantitative estimate of drug-likeness (QED) is 0.747. The largest absolute Gasteiger partial charge is 0.311 e. The van der Waals surface area contributed by atoms with Crippen LogP contribution in [0.25, 0.3) is 0 Å². The molecule has 0 saturated carbocycles. The number of ketones is 1. The second-order valence-electron chi connectivity index (χ2n) is 3.73. The number of carbonyl (C=O) groups is 1. The first-order valence-electron chi connectivity index (χ1n) is 5.21. The first kappa shape index (κ1) is 11.3. The molecule has 3 heteroatoms. The van der Waals surface area contributed by atoms with Crippen LogP contribution in [0.3, 0.4) is 0 Å². The fourth-order valence-electron chi connectivity index (χ4n) is 1.56. The molecule has 2 radical (unpaired) electrons. The monoisotopic (exact) mass is 225 g/mol. The minimum Gasteiger partial charge on any atom is -0.311 e. The van der Waals surface area contributed by atoms with Gasteiger partial charge < -0.3 is 4.57 Å². The van der Waals surface area contributed by atoms with Crippen molar-refractivity contribution in [1.82, 2.24) is 4.57 Å². The third kappa shape index (κ3) is 2.69. The highest BCUT2D eigenvalue weighted by atomic mass is 16.1. The number of rotatable bonds is 3. The lowest BCUT2D eigenvalue weighted by Gasteiger charge is -2.05. The third-order valence-electron chi connectivity index (χ3n) is 2.49. The number of benzene rings is 1. The number of hydrogen-bond acceptors (Lipinski definition) is 2. The Morgan fingerprint density at radius 2 is 1.82 bits per heavy atom. The van der Waals surface area contributed by atoms with Crippen LogP contribution < -0.4 is 5.56 Å². The third-order valence-corrected chi connectivity index (χ3v) is 2.49. The first-order valence-corrected chi connectivity index (χ1v) is 5.21. The van der Waals surface area contributed by atoms with E-state index >= 15 is 0 Å². The van der Waals surface area contributed by atoms with Gasteiger partial charge >= 0.3 is 0 Å². The van der Waals surface area contributed by atoms with Crippen LogP contribution in [0.4, 0.5) is 0 Å².